The molecule has 1 rings (SSSR count). The lowest BCUT2D eigenvalue weighted by atomic mass is 10.3. The second-order valence-corrected chi connectivity index (χ2v) is 7.08. The molecule has 3 nitrogen and oxygen atoms in total. The molecule has 0 aliphatic rings. The van der Waals surface area contributed by atoms with Gasteiger partial charge in [-0.05, 0) is 77.6 Å². The number of ether oxygens (including phenoxy) is 1. The molecule has 0 aromatic heterocycles. The Kier molecular flexibility index (Phi) is 8.57. The van der Waals surface area contributed by atoms with Crippen LogP contribution in [0.25, 0.3) is 0 Å². The molecule has 6 heteroatoms. The fourth-order valence-corrected chi connectivity index (χ4v) is 4.02. The first-order valence-electron chi connectivity index (χ1n) is 6.13. The van der Waals surface area contributed by atoms with Crippen LogP contribution in [-0.2, 0) is 0 Å². The number of benzene rings is 1. The third-order valence-electron chi connectivity index (χ3n) is 2.45. The number of nitrogens with zero attached hydrogens (tertiary/aromatic N) is 1. The van der Waals surface area contributed by atoms with E-state index in [1.54, 1.807) is 0 Å². The molecule has 0 aliphatic carbocycles. The first kappa shape index (κ1) is 17.4. The lowest BCUT2D eigenvalue weighted by Gasteiger charge is -2.12. The van der Waals surface area contributed by atoms with Gasteiger partial charge in [-0.25, -0.2) is 0 Å². The summed E-state index contributed by atoms with van der Waals surface area (Å²) in [6.45, 7) is 3.63. The van der Waals surface area contributed by atoms with Crippen LogP contribution in [0.5, 0.6) is 5.75 Å². The van der Waals surface area contributed by atoms with Crippen molar-refractivity contribution >= 4 is 47.8 Å². The van der Waals surface area contributed by atoms with Crippen molar-refractivity contribution in [1.82, 2.24) is 10.2 Å². The molecule has 1 aromatic carbocycles. The van der Waals surface area contributed by atoms with Crippen molar-refractivity contribution in [3.8, 4) is 5.75 Å². The van der Waals surface area contributed by atoms with Crippen LogP contribution in [0.3, 0.4) is 0 Å². The molecule has 1 aromatic rings. The summed E-state index contributed by atoms with van der Waals surface area (Å²) in [4.78, 5) is 2.19. The van der Waals surface area contributed by atoms with E-state index in [1.165, 1.54) is 0 Å². The van der Waals surface area contributed by atoms with E-state index < -0.39 is 0 Å². The molecule has 0 bridgehead atoms. The van der Waals surface area contributed by atoms with E-state index >= 15 is 0 Å². The number of hydrogen-bond acceptors (Lipinski definition) is 3. The minimum atomic E-state index is 0.654. The van der Waals surface area contributed by atoms with Crippen LogP contribution in [-0.4, -0.2) is 45.2 Å². The first-order valence-corrected chi connectivity index (χ1v) is 8.51. The highest BCUT2D eigenvalue weighted by atomic mass is 79.9. The fraction of sp³-hybridized carbons (Fsp3) is 0.538. The van der Waals surface area contributed by atoms with Gasteiger partial charge < -0.3 is 15.0 Å². The first-order chi connectivity index (χ1) is 9.00. The van der Waals surface area contributed by atoms with Crippen molar-refractivity contribution in [2.45, 2.75) is 6.42 Å². The van der Waals surface area contributed by atoms with E-state index in [4.69, 9.17) is 4.74 Å². The monoisotopic (exact) mass is 456 g/mol. The second kappa shape index (κ2) is 9.34. The zero-order chi connectivity index (χ0) is 14.3. The standard InChI is InChI=1S/C13H19Br3N2O/c1-18(2)6-3-4-17-5-7-19-13-11(15)8-10(14)9-12(13)16/h8-9,17H,3-7H2,1-2H3. The maximum Gasteiger partial charge on any atom is 0.147 e. The SMILES string of the molecule is CN(C)CCCNCCOc1c(Br)cc(Br)cc1Br. The normalized spacial score (nSPS) is 11.1. The number of hydrogen-bond donors (Lipinski definition) is 1. The van der Waals surface area contributed by atoms with Gasteiger partial charge in [0.1, 0.15) is 12.4 Å². The van der Waals surface area contributed by atoms with Crippen molar-refractivity contribution < 1.29 is 4.74 Å². The van der Waals surface area contributed by atoms with Crippen LogP contribution >= 0.6 is 47.8 Å². The lowest BCUT2D eigenvalue weighted by molar-refractivity contribution is 0.307. The minimum absolute atomic E-state index is 0.654. The molecule has 0 unspecified atom stereocenters. The summed E-state index contributed by atoms with van der Waals surface area (Å²) in [6.07, 6.45) is 1.15. The number of rotatable bonds is 8. The van der Waals surface area contributed by atoms with Crippen molar-refractivity contribution in [1.29, 1.82) is 0 Å². The van der Waals surface area contributed by atoms with Crippen LogP contribution in [0, 0.1) is 0 Å². The maximum atomic E-state index is 5.76. The summed E-state index contributed by atoms with van der Waals surface area (Å²) in [5.41, 5.74) is 0. The zero-order valence-corrected chi connectivity index (χ0v) is 15.9. The van der Waals surface area contributed by atoms with Crippen LogP contribution in [0.4, 0.5) is 0 Å². The average Bonchev–Trinajstić information content (AvgIpc) is 2.30. The molecule has 0 fully saturated rings. The Bertz CT molecular complexity index is 376. The average molecular weight is 459 g/mol. The largest absolute Gasteiger partial charge is 0.490 e. The Morgan fingerprint density at radius 1 is 1.11 bits per heavy atom. The highest BCUT2D eigenvalue weighted by molar-refractivity contribution is 9.11. The molecular formula is C13H19Br3N2O. The summed E-state index contributed by atoms with van der Waals surface area (Å²) < 4.78 is 8.67. The van der Waals surface area contributed by atoms with Gasteiger partial charge in [-0.3, -0.25) is 0 Å². The zero-order valence-electron chi connectivity index (χ0n) is 11.2. The summed E-state index contributed by atoms with van der Waals surface area (Å²) in [5, 5.41) is 3.37. The molecule has 0 heterocycles. The molecule has 0 aliphatic heterocycles. The second-order valence-electron chi connectivity index (χ2n) is 4.45. The van der Waals surface area contributed by atoms with Crippen molar-refractivity contribution in [3.05, 3.63) is 25.6 Å². The fourth-order valence-electron chi connectivity index (χ4n) is 1.54. The third-order valence-corrected chi connectivity index (χ3v) is 4.08. The summed E-state index contributed by atoms with van der Waals surface area (Å²) >= 11 is 10.4. The van der Waals surface area contributed by atoms with Gasteiger partial charge in [0.2, 0.25) is 0 Å². The summed E-state index contributed by atoms with van der Waals surface area (Å²) in [6, 6.07) is 3.95. The molecule has 0 saturated carbocycles. The van der Waals surface area contributed by atoms with Gasteiger partial charge in [0.05, 0.1) is 8.95 Å². The molecule has 0 radical (unpaired) electrons. The highest BCUT2D eigenvalue weighted by Gasteiger charge is 2.07. The third kappa shape index (κ3) is 7.09. The predicted octanol–water partition coefficient (Wildman–Crippen LogP) is 3.89. The van der Waals surface area contributed by atoms with Crippen molar-refractivity contribution in [3.63, 3.8) is 0 Å². The van der Waals surface area contributed by atoms with E-state index in [0.717, 1.165) is 45.2 Å². The van der Waals surface area contributed by atoms with Crippen LogP contribution in [0.2, 0.25) is 0 Å². The van der Waals surface area contributed by atoms with Gasteiger partial charge in [-0.1, -0.05) is 15.9 Å². The van der Waals surface area contributed by atoms with Gasteiger partial charge in [0.25, 0.3) is 0 Å². The van der Waals surface area contributed by atoms with Crippen molar-refractivity contribution in [2.24, 2.45) is 0 Å². The van der Waals surface area contributed by atoms with E-state index in [0.29, 0.717) is 6.61 Å². The summed E-state index contributed by atoms with van der Waals surface area (Å²) in [5.74, 6) is 0.846. The van der Waals surface area contributed by atoms with E-state index in [1.807, 2.05) is 12.1 Å². The molecule has 0 amide bonds. The Hall–Kier alpha value is 0.380. The molecule has 0 spiro atoms. The topological polar surface area (TPSA) is 24.5 Å². The Morgan fingerprint density at radius 3 is 2.32 bits per heavy atom. The Balaban J connectivity index is 2.23. The Labute approximate surface area is 140 Å². The highest BCUT2D eigenvalue weighted by Crippen LogP contribution is 2.36. The van der Waals surface area contributed by atoms with E-state index in [-0.39, 0.29) is 0 Å². The van der Waals surface area contributed by atoms with E-state index in [2.05, 4.69) is 72.1 Å². The molecule has 0 saturated heterocycles. The summed E-state index contributed by atoms with van der Waals surface area (Å²) in [7, 11) is 4.18. The minimum Gasteiger partial charge on any atom is -0.490 e. The molecule has 108 valence electrons. The number of halogens is 3. The number of nitrogens with one attached hydrogen (secondary N) is 1. The molecule has 0 atom stereocenters. The maximum absolute atomic E-state index is 5.76. The van der Waals surface area contributed by atoms with Crippen LogP contribution < -0.4 is 10.1 Å². The van der Waals surface area contributed by atoms with Gasteiger partial charge in [-0.15, -0.1) is 0 Å². The van der Waals surface area contributed by atoms with Gasteiger partial charge in [0, 0.05) is 11.0 Å². The Morgan fingerprint density at radius 2 is 1.74 bits per heavy atom. The smallest absolute Gasteiger partial charge is 0.147 e. The van der Waals surface area contributed by atoms with Gasteiger partial charge >= 0.3 is 0 Å². The molecule has 1 N–H and O–H groups in total. The van der Waals surface area contributed by atoms with Gasteiger partial charge in [0.15, 0.2) is 0 Å². The van der Waals surface area contributed by atoms with E-state index in [9.17, 15) is 0 Å². The van der Waals surface area contributed by atoms with Crippen LogP contribution in [0.15, 0.2) is 25.6 Å². The lowest BCUT2D eigenvalue weighted by Crippen LogP contribution is -2.25. The van der Waals surface area contributed by atoms with Crippen LogP contribution in [0.1, 0.15) is 6.42 Å². The molecule has 19 heavy (non-hydrogen) atoms. The van der Waals surface area contributed by atoms with Gasteiger partial charge in [-0.2, -0.15) is 0 Å². The molecular weight excluding hydrogens is 440 g/mol. The predicted molar refractivity (Wildman–Crippen MR) is 91.1 cm³/mol. The van der Waals surface area contributed by atoms with Crippen molar-refractivity contribution in [2.75, 3.05) is 40.3 Å². The quantitative estimate of drug-likeness (QED) is 0.598.